The van der Waals surface area contributed by atoms with E-state index in [9.17, 15) is 5.11 Å². The highest BCUT2D eigenvalue weighted by Crippen LogP contribution is 2.33. The number of aliphatic hydroxyl groups excluding tert-OH is 1. The van der Waals surface area contributed by atoms with Crippen molar-refractivity contribution in [2.45, 2.75) is 52.1 Å². The van der Waals surface area contributed by atoms with Crippen LogP contribution in [-0.2, 0) is 6.42 Å². The van der Waals surface area contributed by atoms with Gasteiger partial charge in [0.2, 0.25) is 5.89 Å². The Labute approximate surface area is 205 Å². The van der Waals surface area contributed by atoms with Crippen LogP contribution in [0.1, 0.15) is 48.3 Å². The first kappa shape index (κ1) is 23.6. The zero-order valence-electron chi connectivity index (χ0n) is 20.7. The normalized spacial score (nSPS) is 16.1. The Kier molecular flexibility index (Phi) is 6.88. The second kappa shape index (κ2) is 10.2. The molecule has 7 heteroatoms. The van der Waals surface area contributed by atoms with Gasteiger partial charge in [-0.15, -0.1) is 10.2 Å². The van der Waals surface area contributed by atoms with Gasteiger partial charge in [0.05, 0.1) is 5.39 Å². The Hall–Kier alpha value is -3.16. The predicted molar refractivity (Wildman–Crippen MR) is 135 cm³/mol. The van der Waals surface area contributed by atoms with E-state index in [1.54, 1.807) is 0 Å². The van der Waals surface area contributed by atoms with Crippen LogP contribution in [0.3, 0.4) is 0 Å². The van der Waals surface area contributed by atoms with Crippen molar-refractivity contribution in [3.63, 3.8) is 0 Å². The number of ether oxygens (including phenoxy) is 1. The van der Waals surface area contributed by atoms with Gasteiger partial charge < -0.3 is 23.6 Å². The lowest BCUT2D eigenvalue weighted by Gasteiger charge is -2.33. The molecule has 0 radical (unpaired) electrons. The molecule has 1 saturated heterocycles. The summed E-state index contributed by atoms with van der Waals surface area (Å²) in [5.41, 5.74) is 4.82. The second-order valence-corrected chi connectivity index (χ2v) is 9.52. The van der Waals surface area contributed by atoms with Crippen LogP contribution >= 0.6 is 0 Å². The molecule has 4 aromatic rings. The summed E-state index contributed by atoms with van der Waals surface area (Å²) in [6.07, 6.45) is 2.33. The number of aryl methyl sites for hydroxylation is 3. The number of β-amino-alcohol motifs (C(OH)–C–C–N with tert-alkyl or cyclic N) is 1. The van der Waals surface area contributed by atoms with Crippen molar-refractivity contribution < 1.29 is 18.7 Å². The number of benzene rings is 2. The SMILES string of the molecule is CCc1nnc(-c2cc3c(OCC(O)CN4CCC(c5ccc(C)c(C)c5)CC4)cccc3o2)o1. The van der Waals surface area contributed by atoms with Crippen molar-refractivity contribution in [3.05, 3.63) is 65.0 Å². The number of nitrogens with zero attached hydrogens (tertiary/aromatic N) is 3. The fourth-order valence-electron chi connectivity index (χ4n) is 4.77. The average Bonchev–Trinajstić information content (AvgIpc) is 3.52. The van der Waals surface area contributed by atoms with Gasteiger partial charge in [0.15, 0.2) is 5.76 Å². The van der Waals surface area contributed by atoms with Gasteiger partial charge in [0.1, 0.15) is 24.0 Å². The molecule has 3 heterocycles. The quantitative estimate of drug-likeness (QED) is 0.371. The molecule has 1 N–H and O–H groups in total. The van der Waals surface area contributed by atoms with Crippen LogP contribution in [0, 0.1) is 13.8 Å². The van der Waals surface area contributed by atoms with Gasteiger partial charge in [0.25, 0.3) is 5.89 Å². The molecular weight excluding hydrogens is 442 g/mol. The zero-order valence-corrected chi connectivity index (χ0v) is 20.7. The van der Waals surface area contributed by atoms with E-state index < -0.39 is 6.10 Å². The molecule has 184 valence electrons. The zero-order chi connectivity index (χ0) is 24.4. The largest absolute Gasteiger partial charge is 0.490 e. The summed E-state index contributed by atoms with van der Waals surface area (Å²) in [6, 6.07) is 14.3. The van der Waals surface area contributed by atoms with Crippen LogP contribution in [0.25, 0.3) is 22.6 Å². The minimum Gasteiger partial charge on any atom is -0.490 e. The standard InChI is InChI=1S/C28H33N3O4/c1-4-27-29-30-28(35-27)26-15-23-24(6-5-7-25(23)34-26)33-17-22(32)16-31-12-10-20(11-13-31)21-9-8-18(2)19(3)14-21/h5-9,14-15,20,22,32H,4,10-13,16-17H2,1-3H3. The molecular formula is C28H33N3O4. The molecule has 1 unspecified atom stereocenters. The van der Waals surface area contributed by atoms with E-state index in [0.29, 0.717) is 47.8 Å². The van der Waals surface area contributed by atoms with Crippen LogP contribution in [0.5, 0.6) is 5.75 Å². The Morgan fingerprint density at radius 3 is 2.63 bits per heavy atom. The monoisotopic (exact) mass is 475 g/mol. The highest BCUT2D eigenvalue weighted by atomic mass is 16.5. The van der Waals surface area contributed by atoms with Gasteiger partial charge in [-0.3, -0.25) is 0 Å². The third-order valence-electron chi connectivity index (χ3n) is 6.99. The Morgan fingerprint density at radius 1 is 1.06 bits per heavy atom. The number of rotatable bonds is 8. The van der Waals surface area contributed by atoms with Gasteiger partial charge >= 0.3 is 0 Å². The first-order valence-electron chi connectivity index (χ1n) is 12.5. The van der Waals surface area contributed by atoms with E-state index in [1.165, 1.54) is 16.7 Å². The van der Waals surface area contributed by atoms with E-state index in [1.807, 2.05) is 31.2 Å². The van der Waals surface area contributed by atoms with Gasteiger partial charge in [-0.25, -0.2) is 0 Å². The van der Waals surface area contributed by atoms with Crippen LogP contribution < -0.4 is 4.74 Å². The highest BCUT2D eigenvalue weighted by molar-refractivity contribution is 5.87. The van der Waals surface area contributed by atoms with Crippen LogP contribution in [0.15, 0.2) is 51.3 Å². The average molecular weight is 476 g/mol. The topological polar surface area (TPSA) is 84.8 Å². The van der Waals surface area contributed by atoms with Gasteiger partial charge in [-0.1, -0.05) is 31.2 Å². The van der Waals surface area contributed by atoms with Crippen molar-refractivity contribution in [2.75, 3.05) is 26.2 Å². The van der Waals surface area contributed by atoms with Gasteiger partial charge in [-0.2, -0.15) is 0 Å². The Morgan fingerprint density at radius 2 is 1.89 bits per heavy atom. The maximum Gasteiger partial charge on any atom is 0.283 e. The number of hydrogen-bond acceptors (Lipinski definition) is 7. The minimum atomic E-state index is -0.571. The molecule has 35 heavy (non-hydrogen) atoms. The summed E-state index contributed by atoms with van der Waals surface area (Å²) in [5.74, 6) is 2.70. The molecule has 0 spiro atoms. The van der Waals surface area contributed by atoms with Crippen LogP contribution in [0.4, 0.5) is 0 Å². The maximum atomic E-state index is 10.7. The Bertz CT molecular complexity index is 1290. The minimum absolute atomic E-state index is 0.219. The van der Waals surface area contributed by atoms with Gasteiger partial charge in [-0.05, 0) is 74.5 Å². The Balaban J connectivity index is 1.16. The number of aromatic nitrogens is 2. The molecule has 1 fully saturated rings. The summed E-state index contributed by atoms with van der Waals surface area (Å²) in [4.78, 5) is 2.34. The molecule has 5 rings (SSSR count). The fourth-order valence-corrected chi connectivity index (χ4v) is 4.77. The van der Waals surface area contributed by atoms with E-state index in [-0.39, 0.29) is 6.61 Å². The van der Waals surface area contributed by atoms with E-state index in [0.717, 1.165) is 31.3 Å². The van der Waals surface area contributed by atoms with Crippen molar-refractivity contribution in [3.8, 4) is 17.4 Å². The third-order valence-corrected chi connectivity index (χ3v) is 6.99. The number of fused-ring (bicyclic) bond motifs is 1. The van der Waals surface area contributed by atoms with Gasteiger partial charge in [0, 0.05) is 19.0 Å². The molecule has 0 amide bonds. The molecule has 1 atom stereocenters. The lowest BCUT2D eigenvalue weighted by Crippen LogP contribution is -2.40. The summed E-state index contributed by atoms with van der Waals surface area (Å²) in [5, 5.41) is 19.6. The van der Waals surface area contributed by atoms with E-state index in [4.69, 9.17) is 13.6 Å². The fraction of sp³-hybridized carbons (Fsp3) is 0.429. The molecule has 2 aromatic carbocycles. The second-order valence-electron chi connectivity index (χ2n) is 9.52. The third kappa shape index (κ3) is 5.26. The number of hydrogen-bond donors (Lipinski definition) is 1. The number of furan rings is 1. The lowest BCUT2D eigenvalue weighted by atomic mass is 9.88. The predicted octanol–water partition coefficient (Wildman–Crippen LogP) is 5.28. The molecule has 0 saturated carbocycles. The number of aliphatic hydroxyl groups is 1. The van der Waals surface area contributed by atoms with Crippen molar-refractivity contribution in [2.24, 2.45) is 0 Å². The number of piperidine rings is 1. The van der Waals surface area contributed by atoms with Crippen molar-refractivity contribution >= 4 is 11.0 Å². The molecule has 2 aromatic heterocycles. The molecule has 0 aliphatic carbocycles. The summed E-state index contributed by atoms with van der Waals surface area (Å²) in [6.45, 7) is 9.10. The summed E-state index contributed by atoms with van der Waals surface area (Å²) in [7, 11) is 0. The smallest absolute Gasteiger partial charge is 0.283 e. The van der Waals surface area contributed by atoms with E-state index >= 15 is 0 Å². The van der Waals surface area contributed by atoms with Crippen LogP contribution in [0.2, 0.25) is 0 Å². The molecule has 1 aliphatic rings. The highest BCUT2D eigenvalue weighted by Gasteiger charge is 2.23. The number of likely N-dealkylation sites (tertiary alicyclic amines) is 1. The molecule has 0 bridgehead atoms. The molecule has 7 nitrogen and oxygen atoms in total. The van der Waals surface area contributed by atoms with Crippen molar-refractivity contribution in [1.29, 1.82) is 0 Å². The maximum absolute atomic E-state index is 10.7. The first-order chi connectivity index (χ1) is 17.0. The summed E-state index contributed by atoms with van der Waals surface area (Å²) >= 11 is 0. The first-order valence-corrected chi connectivity index (χ1v) is 12.5. The van der Waals surface area contributed by atoms with Crippen LogP contribution in [-0.4, -0.2) is 52.5 Å². The summed E-state index contributed by atoms with van der Waals surface area (Å²) < 4.78 is 17.5. The van der Waals surface area contributed by atoms with E-state index in [2.05, 4.69) is 47.1 Å². The molecule has 1 aliphatic heterocycles. The van der Waals surface area contributed by atoms with Crippen molar-refractivity contribution in [1.82, 2.24) is 15.1 Å². The lowest BCUT2D eigenvalue weighted by molar-refractivity contribution is 0.0599.